The fraction of sp³-hybridized carbons (Fsp3) is 0.300. The van der Waals surface area contributed by atoms with Crippen LogP contribution < -0.4 is 0 Å². The molecule has 0 aromatic heterocycles. The van der Waals surface area contributed by atoms with E-state index in [0.717, 1.165) is 0 Å². The Bertz CT molecular complexity index is 749. The van der Waals surface area contributed by atoms with Crippen LogP contribution in [-0.4, -0.2) is 43.7 Å². The Morgan fingerprint density at radius 1 is 0.962 bits per heavy atom. The molecule has 4 unspecified atom stereocenters. The number of aliphatic hydroxyl groups excluding tert-OH is 1. The SMILES string of the molecule is [B]C1CC(COC(=O)c2ccccc2)C(OC(=O)c2ccccc2)C1O. The number of aliphatic hydroxyl groups is 1. The summed E-state index contributed by atoms with van der Waals surface area (Å²) in [7, 11) is 5.91. The van der Waals surface area contributed by atoms with Crippen molar-refractivity contribution in [3.05, 3.63) is 71.8 Å². The van der Waals surface area contributed by atoms with Crippen LogP contribution in [0.3, 0.4) is 0 Å². The maximum Gasteiger partial charge on any atom is 0.338 e. The van der Waals surface area contributed by atoms with Crippen molar-refractivity contribution in [3.8, 4) is 0 Å². The van der Waals surface area contributed by atoms with E-state index in [1.807, 2.05) is 6.07 Å². The normalized spacial score (nSPS) is 24.8. The molecule has 1 N–H and O–H groups in total. The van der Waals surface area contributed by atoms with Crippen LogP contribution in [-0.2, 0) is 9.47 Å². The molecule has 0 heterocycles. The van der Waals surface area contributed by atoms with Gasteiger partial charge in [-0.15, -0.1) is 0 Å². The molecule has 0 amide bonds. The average Bonchev–Trinajstić information content (AvgIpc) is 2.95. The highest BCUT2D eigenvalue weighted by molar-refractivity contribution is 6.12. The zero-order valence-electron chi connectivity index (χ0n) is 14.2. The summed E-state index contributed by atoms with van der Waals surface area (Å²) in [6.07, 6.45) is -1.42. The molecule has 0 spiro atoms. The van der Waals surface area contributed by atoms with Gasteiger partial charge in [-0.25, -0.2) is 9.59 Å². The van der Waals surface area contributed by atoms with E-state index in [4.69, 9.17) is 17.3 Å². The van der Waals surface area contributed by atoms with Gasteiger partial charge in [0.15, 0.2) is 0 Å². The zero-order chi connectivity index (χ0) is 18.5. The van der Waals surface area contributed by atoms with Crippen LogP contribution in [0, 0.1) is 5.92 Å². The second kappa shape index (κ2) is 8.19. The predicted octanol–water partition coefficient (Wildman–Crippen LogP) is 2.41. The first-order chi connectivity index (χ1) is 12.6. The highest BCUT2D eigenvalue weighted by Gasteiger charge is 2.43. The van der Waals surface area contributed by atoms with Gasteiger partial charge >= 0.3 is 11.9 Å². The summed E-state index contributed by atoms with van der Waals surface area (Å²) in [5.74, 6) is -1.90. The number of ether oxygens (including phenoxy) is 2. The first-order valence-electron chi connectivity index (χ1n) is 8.48. The quantitative estimate of drug-likeness (QED) is 0.662. The number of hydrogen-bond acceptors (Lipinski definition) is 5. The summed E-state index contributed by atoms with van der Waals surface area (Å²) in [5.41, 5.74) is 0.827. The number of rotatable bonds is 5. The van der Waals surface area contributed by atoms with E-state index in [1.54, 1.807) is 54.6 Å². The van der Waals surface area contributed by atoms with Gasteiger partial charge < -0.3 is 14.6 Å². The van der Waals surface area contributed by atoms with Crippen molar-refractivity contribution in [2.24, 2.45) is 5.92 Å². The van der Waals surface area contributed by atoms with Gasteiger partial charge in [-0.3, -0.25) is 0 Å². The lowest BCUT2D eigenvalue weighted by Gasteiger charge is -2.23. The summed E-state index contributed by atoms with van der Waals surface area (Å²) in [6, 6.07) is 17.1. The average molecular weight is 350 g/mol. The molecule has 0 bridgehead atoms. The van der Waals surface area contributed by atoms with Crippen molar-refractivity contribution >= 4 is 19.8 Å². The Labute approximate surface area is 153 Å². The molecule has 3 rings (SSSR count). The van der Waals surface area contributed by atoms with E-state index in [2.05, 4.69) is 0 Å². The Kier molecular flexibility index (Phi) is 5.73. The fourth-order valence-electron chi connectivity index (χ4n) is 3.08. The van der Waals surface area contributed by atoms with Crippen molar-refractivity contribution in [1.29, 1.82) is 0 Å². The van der Waals surface area contributed by atoms with Crippen molar-refractivity contribution in [1.82, 2.24) is 0 Å². The predicted molar refractivity (Wildman–Crippen MR) is 96.0 cm³/mol. The van der Waals surface area contributed by atoms with Crippen LogP contribution in [0.25, 0.3) is 0 Å². The second-order valence-electron chi connectivity index (χ2n) is 6.35. The van der Waals surface area contributed by atoms with Crippen LogP contribution in [0.2, 0.25) is 5.82 Å². The Morgan fingerprint density at radius 3 is 2.08 bits per heavy atom. The Balaban J connectivity index is 1.63. The van der Waals surface area contributed by atoms with Crippen LogP contribution in [0.4, 0.5) is 0 Å². The van der Waals surface area contributed by atoms with Crippen LogP contribution in [0.1, 0.15) is 27.1 Å². The van der Waals surface area contributed by atoms with Gasteiger partial charge in [0.2, 0.25) is 0 Å². The lowest BCUT2D eigenvalue weighted by molar-refractivity contribution is -0.0306. The molecule has 0 saturated heterocycles. The first kappa shape index (κ1) is 18.2. The molecule has 6 heteroatoms. The van der Waals surface area contributed by atoms with Gasteiger partial charge in [-0.1, -0.05) is 36.4 Å². The smallest absolute Gasteiger partial charge is 0.338 e. The monoisotopic (exact) mass is 350 g/mol. The molecule has 132 valence electrons. The third kappa shape index (κ3) is 4.14. The minimum atomic E-state index is -0.997. The largest absolute Gasteiger partial charge is 0.462 e. The number of benzene rings is 2. The lowest BCUT2D eigenvalue weighted by Crippen LogP contribution is -2.34. The molecular weight excluding hydrogens is 331 g/mol. The third-order valence-electron chi connectivity index (χ3n) is 4.51. The van der Waals surface area contributed by atoms with Gasteiger partial charge in [-0.05, 0) is 36.5 Å². The van der Waals surface area contributed by atoms with E-state index < -0.39 is 30.0 Å². The molecule has 2 radical (unpaired) electrons. The molecule has 2 aromatic rings. The molecule has 1 aliphatic carbocycles. The highest BCUT2D eigenvalue weighted by Crippen LogP contribution is 2.36. The van der Waals surface area contributed by atoms with Gasteiger partial charge in [0.25, 0.3) is 0 Å². The van der Waals surface area contributed by atoms with Crippen molar-refractivity contribution in [2.45, 2.75) is 24.4 Å². The number of carbonyl (C=O) groups is 2. The molecule has 1 aliphatic rings. The molecule has 1 fully saturated rings. The van der Waals surface area contributed by atoms with Crippen molar-refractivity contribution in [2.75, 3.05) is 6.61 Å². The Morgan fingerprint density at radius 2 is 1.50 bits per heavy atom. The Hall–Kier alpha value is -2.60. The maximum atomic E-state index is 12.3. The molecule has 4 atom stereocenters. The summed E-state index contributed by atoms with van der Waals surface area (Å²) >= 11 is 0. The fourth-order valence-corrected chi connectivity index (χ4v) is 3.08. The molecule has 0 aliphatic heterocycles. The summed E-state index contributed by atoms with van der Waals surface area (Å²) < 4.78 is 10.8. The van der Waals surface area contributed by atoms with Gasteiger partial charge in [0.05, 0.1) is 31.7 Å². The number of hydrogen-bond donors (Lipinski definition) is 1. The van der Waals surface area contributed by atoms with Crippen LogP contribution in [0.15, 0.2) is 60.7 Å². The van der Waals surface area contributed by atoms with Gasteiger partial charge in [0, 0.05) is 5.92 Å². The summed E-state index contributed by atoms with van der Waals surface area (Å²) in [5, 5.41) is 10.3. The van der Waals surface area contributed by atoms with Crippen LogP contribution >= 0.6 is 0 Å². The second-order valence-corrected chi connectivity index (χ2v) is 6.35. The van der Waals surface area contributed by atoms with Crippen LogP contribution in [0.5, 0.6) is 0 Å². The zero-order valence-corrected chi connectivity index (χ0v) is 14.2. The maximum absolute atomic E-state index is 12.3. The molecule has 5 nitrogen and oxygen atoms in total. The van der Waals surface area contributed by atoms with Gasteiger partial charge in [-0.2, -0.15) is 0 Å². The summed E-state index contributed by atoms with van der Waals surface area (Å²) in [4.78, 5) is 24.4. The highest BCUT2D eigenvalue weighted by atomic mass is 16.6. The number of esters is 2. The van der Waals surface area contributed by atoms with Gasteiger partial charge in [0.1, 0.15) is 6.10 Å². The topological polar surface area (TPSA) is 72.8 Å². The van der Waals surface area contributed by atoms with E-state index in [9.17, 15) is 14.7 Å². The minimum Gasteiger partial charge on any atom is -0.462 e. The third-order valence-corrected chi connectivity index (χ3v) is 4.51. The van der Waals surface area contributed by atoms with E-state index in [-0.39, 0.29) is 12.5 Å². The standard InChI is InChI=1S/C20H19BO5/c21-16-11-15(12-25-19(23)13-7-3-1-4-8-13)18(17(16)22)26-20(24)14-9-5-2-6-10-14/h1-10,15-18,22H,11-12H2. The minimum absolute atomic E-state index is 0.0191. The number of carbonyl (C=O) groups excluding carboxylic acids is 2. The molecule has 2 aromatic carbocycles. The van der Waals surface area contributed by atoms with E-state index in [0.29, 0.717) is 17.5 Å². The van der Waals surface area contributed by atoms with E-state index in [1.165, 1.54) is 0 Å². The van der Waals surface area contributed by atoms with Crippen molar-refractivity contribution in [3.63, 3.8) is 0 Å². The molecular formula is C20H19BO5. The molecule has 1 saturated carbocycles. The summed E-state index contributed by atoms with van der Waals surface area (Å²) in [6.45, 7) is 0.0191. The first-order valence-corrected chi connectivity index (χ1v) is 8.48. The lowest BCUT2D eigenvalue weighted by atomic mass is 9.84. The van der Waals surface area contributed by atoms with Crippen molar-refractivity contribution < 1.29 is 24.2 Å². The van der Waals surface area contributed by atoms with E-state index >= 15 is 0 Å². The molecule has 26 heavy (non-hydrogen) atoms.